The number of para-hydroxylation sites is 1. The molecule has 36 heavy (non-hydrogen) atoms. The van der Waals surface area contributed by atoms with E-state index >= 15 is 0 Å². The van der Waals surface area contributed by atoms with Crippen molar-refractivity contribution in [2.24, 2.45) is 5.92 Å². The summed E-state index contributed by atoms with van der Waals surface area (Å²) in [6.45, 7) is 14.4. The second-order valence-corrected chi connectivity index (χ2v) is 10.5. The van der Waals surface area contributed by atoms with Crippen LogP contribution < -0.4 is 10.6 Å². The summed E-state index contributed by atoms with van der Waals surface area (Å²) in [5.74, 6) is -1.04. The minimum absolute atomic E-state index is 0.0471. The molecule has 0 bridgehead atoms. The van der Waals surface area contributed by atoms with Gasteiger partial charge < -0.3 is 25.4 Å². The van der Waals surface area contributed by atoms with Gasteiger partial charge in [-0.25, -0.2) is 4.79 Å². The van der Waals surface area contributed by atoms with Gasteiger partial charge in [0.2, 0.25) is 5.91 Å². The van der Waals surface area contributed by atoms with Crippen LogP contribution >= 0.6 is 0 Å². The molecule has 0 aromatic heterocycles. The zero-order chi connectivity index (χ0) is 27.2. The summed E-state index contributed by atoms with van der Waals surface area (Å²) in [6, 6.07) is 11.2. The number of anilines is 1. The van der Waals surface area contributed by atoms with Gasteiger partial charge in [-0.15, -0.1) is 0 Å². The van der Waals surface area contributed by atoms with E-state index in [4.69, 9.17) is 4.74 Å². The number of alkyl carbamates (subject to hydrolysis) is 1. The Morgan fingerprint density at radius 1 is 0.944 bits per heavy atom. The number of rotatable bonds is 8. The van der Waals surface area contributed by atoms with E-state index in [1.165, 1.54) is 17.0 Å². The smallest absolute Gasteiger partial charge is 0.408 e. The Bertz CT molecular complexity index is 1060. The van der Waals surface area contributed by atoms with Crippen molar-refractivity contribution in [3.8, 4) is 5.75 Å². The van der Waals surface area contributed by atoms with Gasteiger partial charge in [-0.1, -0.05) is 44.2 Å². The largest absolute Gasteiger partial charge is 0.508 e. The first-order chi connectivity index (χ1) is 16.7. The number of nitrogens with zero attached hydrogens (tertiary/aromatic N) is 1. The van der Waals surface area contributed by atoms with Gasteiger partial charge >= 0.3 is 6.09 Å². The molecule has 8 nitrogen and oxygen atoms in total. The average molecular weight is 498 g/mol. The van der Waals surface area contributed by atoms with E-state index in [9.17, 15) is 19.5 Å². The molecule has 3 N–H and O–H groups in total. The molecule has 196 valence electrons. The maximum absolute atomic E-state index is 14.0. The van der Waals surface area contributed by atoms with Crippen molar-refractivity contribution in [2.45, 2.75) is 79.1 Å². The van der Waals surface area contributed by atoms with Crippen molar-refractivity contribution in [1.29, 1.82) is 0 Å². The number of phenols is 1. The summed E-state index contributed by atoms with van der Waals surface area (Å²) in [7, 11) is 0. The van der Waals surface area contributed by atoms with Gasteiger partial charge in [-0.3, -0.25) is 9.59 Å². The lowest BCUT2D eigenvalue weighted by Crippen LogP contribution is -2.56. The number of aryl methyl sites for hydroxylation is 1. The van der Waals surface area contributed by atoms with Gasteiger partial charge in [0.25, 0.3) is 5.91 Å². The van der Waals surface area contributed by atoms with E-state index in [-0.39, 0.29) is 17.7 Å². The number of carbonyl (C=O) groups is 3. The third kappa shape index (κ3) is 7.73. The summed E-state index contributed by atoms with van der Waals surface area (Å²) < 4.78 is 5.38. The number of nitrogens with one attached hydrogen (secondary N) is 2. The molecular weight excluding hydrogens is 458 g/mol. The molecule has 0 radical (unpaired) electrons. The minimum atomic E-state index is -1.01. The number of phenolic OH excluding ortho intramolecular Hbond substituents is 1. The van der Waals surface area contributed by atoms with Crippen molar-refractivity contribution in [3.05, 3.63) is 59.7 Å². The lowest BCUT2D eigenvalue weighted by atomic mass is 9.97. The fourth-order valence-electron chi connectivity index (χ4n) is 3.80. The second-order valence-electron chi connectivity index (χ2n) is 10.5. The maximum atomic E-state index is 14.0. The van der Waals surface area contributed by atoms with Crippen LogP contribution in [0.15, 0.2) is 48.5 Å². The molecule has 2 unspecified atom stereocenters. The number of aromatic hydroxyl groups is 1. The molecule has 2 aromatic carbocycles. The maximum Gasteiger partial charge on any atom is 0.408 e. The summed E-state index contributed by atoms with van der Waals surface area (Å²) >= 11 is 0. The monoisotopic (exact) mass is 497 g/mol. The van der Waals surface area contributed by atoms with Gasteiger partial charge in [-0.2, -0.15) is 0 Å². The molecule has 0 aliphatic heterocycles. The van der Waals surface area contributed by atoms with E-state index < -0.39 is 35.6 Å². The van der Waals surface area contributed by atoms with Gasteiger partial charge in [0, 0.05) is 11.7 Å². The van der Waals surface area contributed by atoms with Crippen LogP contribution in [0.3, 0.4) is 0 Å². The van der Waals surface area contributed by atoms with Crippen LogP contribution in [0.2, 0.25) is 0 Å². The number of hydrogen-bond acceptors (Lipinski definition) is 5. The predicted molar refractivity (Wildman–Crippen MR) is 141 cm³/mol. The Morgan fingerprint density at radius 3 is 2.03 bits per heavy atom. The predicted octanol–water partition coefficient (Wildman–Crippen LogP) is 5.17. The fourth-order valence-corrected chi connectivity index (χ4v) is 3.80. The molecule has 0 spiro atoms. The molecule has 8 heteroatoms. The number of amides is 3. The van der Waals surface area contributed by atoms with Gasteiger partial charge in [-0.05, 0) is 76.8 Å². The number of ether oxygens (including phenoxy) is 1. The molecule has 0 aliphatic rings. The van der Waals surface area contributed by atoms with Crippen LogP contribution in [-0.2, 0) is 14.3 Å². The van der Waals surface area contributed by atoms with Crippen LogP contribution in [0.4, 0.5) is 10.5 Å². The Balaban J connectivity index is 2.50. The van der Waals surface area contributed by atoms with Crippen molar-refractivity contribution >= 4 is 23.6 Å². The normalized spacial score (nSPS) is 13.2. The highest BCUT2D eigenvalue weighted by atomic mass is 16.6. The molecule has 2 rings (SSSR count). The second kappa shape index (κ2) is 11.9. The third-order valence-corrected chi connectivity index (χ3v) is 5.55. The Labute approximate surface area is 214 Å². The molecule has 3 amide bonds. The third-order valence-electron chi connectivity index (χ3n) is 5.55. The van der Waals surface area contributed by atoms with Crippen LogP contribution in [-0.4, -0.2) is 45.6 Å². The highest BCUT2D eigenvalue weighted by Crippen LogP contribution is 2.29. The van der Waals surface area contributed by atoms with Crippen LogP contribution in [0.5, 0.6) is 5.75 Å². The van der Waals surface area contributed by atoms with Gasteiger partial charge in [0.05, 0.1) is 0 Å². The summed E-state index contributed by atoms with van der Waals surface area (Å²) in [6.07, 6.45) is -0.705. The van der Waals surface area contributed by atoms with Crippen molar-refractivity contribution in [1.82, 2.24) is 10.2 Å². The van der Waals surface area contributed by atoms with E-state index in [0.717, 1.165) is 5.56 Å². The molecule has 2 aromatic rings. The zero-order valence-corrected chi connectivity index (χ0v) is 22.5. The molecule has 0 heterocycles. The number of carbonyl (C=O) groups excluding carboxylic acids is 3. The Kier molecular flexibility index (Phi) is 9.50. The minimum Gasteiger partial charge on any atom is -0.508 e. The zero-order valence-electron chi connectivity index (χ0n) is 22.5. The standard InChI is InChI=1S/C28H39N3O5/c1-17(2)23(30-27(35)36-28(6,7)8)26(34)31(18(3)4)24(20-13-15-21(32)16-14-20)25(33)29-22-12-10-9-11-19(22)5/h9-18,23-24,32H,1-8H3,(H,29,33)(H,30,35). The Hall–Kier alpha value is -3.55. The molecule has 0 saturated heterocycles. The lowest BCUT2D eigenvalue weighted by Gasteiger charge is -2.38. The molecular formula is C28H39N3O5. The number of benzene rings is 2. The van der Waals surface area contributed by atoms with Crippen molar-refractivity contribution < 1.29 is 24.2 Å². The summed E-state index contributed by atoms with van der Waals surface area (Å²) in [4.78, 5) is 41.7. The van der Waals surface area contributed by atoms with E-state index in [1.807, 2.05) is 52.8 Å². The van der Waals surface area contributed by atoms with Crippen molar-refractivity contribution in [2.75, 3.05) is 5.32 Å². The van der Waals surface area contributed by atoms with Crippen LogP contribution in [0.25, 0.3) is 0 Å². The van der Waals surface area contributed by atoms with Gasteiger partial charge in [0.15, 0.2) is 0 Å². The highest BCUT2D eigenvalue weighted by Gasteiger charge is 2.39. The first kappa shape index (κ1) is 28.7. The van der Waals surface area contributed by atoms with E-state index in [1.54, 1.807) is 39.0 Å². The first-order valence-electron chi connectivity index (χ1n) is 12.2. The lowest BCUT2D eigenvalue weighted by molar-refractivity contribution is -0.143. The number of hydrogen-bond donors (Lipinski definition) is 3. The van der Waals surface area contributed by atoms with E-state index in [2.05, 4.69) is 10.6 Å². The fraction of sp³-hybridized carbons (Fsp3) is 0.464. The average Bonchev–Trinajstić information content (AvgIpc) is 2.76. The van der Waals surface area contributed by atoms with E-state index in [0.29, 0.717) is 11.3 Å². The van der Waals surface area contributed by atoms with Crippen LogP contribution in [0, 0.1) is 12.8 Å². The van der Waals surface area contributed by atoms with Crippen LogP contribution in [0.1, 0.15) is 65.6 Å². The first-order valence-corrected chi connectivity index (χ1v) is 12.2. The molecule has 0 aliphatic carbocycles. The molecule has 0 saturated carbocycles. The Morgan fingerprint density at radius 2 is 1.53 bits per heavy atom. The molecule has 2 atom stereocenters. The molecule has 0 fully saturated rings. The SMILES string of the molecule is Cc1ccccc1NC(=O)C(c1ccc(O)cc1)N(C(=O)C(NC(=O)OC(C)(C)C)C(C)C)C(C)C. The van der Waals surface area contributed by atoms with Gasteiger partial charge in [0.1, 0.15) is 23.4 Å². The summed E-state index contributed by atoms with van der Waals surface area (Å²) in [5.41, 5.74) is 1.31. The summed E-state index contributed by atoms with van der Waals surface area (Å²) in [5, 5.41) is 15.5. The highest BCUT2D eigenvalue weighted by molar-refractivity contribution is 5.99. The van der Waals surface area contributed by atoms with Crippen molar-refractivity contribution in [3.63, 3.8) is 0 Å². The topological polar surface area (TPSA) is 108 Å². The quantitative estimate of drug-likeness (QED) is 0.467.